The van der Waals surface area contributed by atoms with Crippen molar-refractivity contribution in [2.24, 2.45) is 0 Å². The summed E-state index contributed by atoms with van der Waals surface area (Å²) in [6, 6.07) is 18.0. The van der Waals surface area contributed by atoms with E-state index in [2.05, 4.69) is 12.2 Å². The minimum atomic E-state index is -1.52. The third-order valence-electron chi connectivity index (χ3n) is 7.44. The molecule has 3 aromatic carbocycles. The van der Waals surface area contributed by atoms with Gasteiger partial charge < -0.3 is 14.6 Å². The van der Waals surface area contributed by atoms with E-state index in [1.807, 2.05) is 36.6 Å². The fourth-order valence-electron chi connectivity index (χ4n) is 5.78. The quantitative estimate of drug-likeness (QED) is 0.289. The van der Waals surface area contributed by atoms with Crippen molar-refractivity contribution in [1.29, 1.82) is 0 Å². The first-order valence-corrected chi connectivity index (χ1v) is 13.5. The van der Waals surface area contributed by atoms with Crippen LogP contribution in [0.1, 0.15) is 54.1 Å². The molecule has 0 fully saturated rings. The molecule has 4 aromatic rings. The van der Waals surface area contributed by atoms with Gasteiger partial charge in [-0.25, -0.2) is 4.98 Å². The molecule has 0 aliphatic carbocycles. The van der Waals surface area contributed by atoms with Crippen molar-refractivity contribution in [3.8, 4) is 17.1 Å². The van der Waals surface area contributed by atoms with E-state index >= 15 is 0 Å². The lowest BCUT2D eigenvalue weighted by Gasteiger charge is -2.35. The van der Waals surface area contributed by atoms with E-state index in [1.54, 1.807) is 49.6 Å². The van der Waals surface area contributed by atoms with Crippen molar-refractivity contribution >= 4 is 46.4 Å². The van der Waals surface area contributed by atoms with E-state index in [4.69, 9.17) is 32.9 Å². The molecule has 1 N–H and O–H groups in total. The second-order valence-corrected chi connectivity index (χ2v) is 10.8. The predicted octanol–water partition coefficient (Wildman–Crippen LogP) is 6.86. The molecular weight excluding hydrogens is 535 g/mol. The zero-order valence-electron chi connectivity index (χ0n) is 21.9. The first-order valence-electron chi connectivity index (χ1n) is 12.7. The Bertz CT molecular complexity index is 1680. The number of amides is 2. The third-order valence-corrected chi connectivity index (χ3v) is 7.91. The van der Waals surface area contributed by atoms with Crippen LogP contribution in [0, 0.1) is 0 Å². The average molecular weight is 561 g/mol. The maximum atomic E-state index is 14.3. The molecule has 3 heterocycles. The number of nitrogens with one attached hydrogen (secondary N) is 1. The maximum absolute atomic E-state index is 14.3. The Kier molecular flexibility index (Phi) is 5.97. The lowest BCUT2D eigenvalue weighted by molar-refractivity contribution is -0.119. The van der Waals surface area contributed by atoms with Crippen LogP contribution in [0.2, 0.25) is 10.0 Å². The second-order valence-electron chi connectivity index (χ2n) is 9.96. The molecule has 39 heavy (non-hydrogen) atoms. The van der Waals surface area contributed by atoms with Crippen molar-refractivity contribution in [3.05, 3.63) is 93.2 Å². The predicted molar refractivity (Wildman–Crippen MR) is 153 cm³/mol. The van der Waals surface area contributed by atoms with Gasteiger partial charge in [0.25, 0.3) is 11.8 Å². The zero-order valence-corrected chi connectivity index (χ0v) is 23.4. The number of methoxy groups -OCH3 is 1. The molecule has 6 rings (SSSR count). The van der Waals surface area contributed by atoms with Gasteiger partial charge in [0, 0.05) is 33.0 Å². The number of benzene rings is 3. The maximum Gasteiger partial charge on any atom is 0.280 e. The second kappa shape index (κ2) is 9.14. The highest BCUT2D eigenvalue weighted by Crippen LogP contribution is 2.54. The molecule has 0 saturated heterocycles. The number of imidazole rings is 1. The number of nitrogens with zero attached hydrogens (tertiary/aromatic N) is 3. The zero-order chi connectivity index (χ0) is 27.6. The van der Waals surface area contributed by atoms with Crippen LogP contribution in [0.5, 0.6) is 5.75 Å². The van der Waals surface area contributed by atoms with Crippen LogP contribution in [-0.4, -0.2) is 28.5 Å². The molecule has 2 amide bonds. The summed E-state index contributed by atoms with van der Waals surface area (Å²) in [6.07, 6.45) is 0.849. The molecule has 0 unspecified atom stereocenters. The Morgan fingerprint density at radius 2 is 1.79 bits per heavy atom. The SMILES string of the molecule is CCc1ccc(-c2nc3c(n2C(C)C)[C@]2(C(=O)Nc4cc(Cl)ccc42)N(c2cccc(Cl)c2)C3=O)c(OC)c1. The van der Waals surface area contributed by atoms with Gasteiger partial charge in [-0.15, -0.1) is 0 Å². The molecule has 0 saturated carbocycles. The Morgan fingerprint density at radius 3 is 2.49 bits per heavy atom. The van der Waals surface area contributed by atoms with Crippen LogP contribution in [0.25, 0.3) is 11.4 Å². The summed E-state index contributed by atoms with van der Waals surface area (Å²) in [5, 5.41) is 3.91. The summed E-state index contributed by atoms with van der Waals surface area (Å²) in [5.74, 6) is 0.447. The summed E-state index contributed by atoms with van der Waals surface area (Å²) in [7, 11) is 1.62. The monoisotopic (exact) mass is 560 g/mol. The van der Waals surface area contributed by atoms with Crippen molar-refractivity contribution < 1.29 is 14.3 Å². The van der Waals surface area contributed by atoms with Crippen molar-refractivity contribution in [2.45, 2.75) is 38.8 Å². The third kappa shape index (κ3) is 3.53. The van der Waals surface area contributed by atoms with Gasteiger partial charge in [-0.1, -0.05) is 48.3 Å². The Labute approximate surface area is 236 Å². The van der Waals surface area contributed by atoms with Gasteiger partial charge in [-0.05, 0) is 68.3 Å². The van der Waals surface area contributed by atoms with Crippen LogP contribution in [0.3, 0.4) is 0 Å². The molecule has 0 bridgehead atoms. The van der Waals surface area contributed by atoms with Gasteiger partial charge in [0.05, 0.1) is 18.4 Å². The highest BCUT2D eigenvalue weighted by atomic mass is 35.5. The first kappa shape index (κ1) is 25.5. The number of fused-ring (bicyclic) bond motifs is 4. The summed E-state index contributed by atoms with van der Waals surface area (Å²) in [4.78, 5) is 35.0. The number of carbonyl (C=O) groups excluding carboxylic acids is 2. The number of carbonyl (C=O) groups is 2. The van der Waals surface area contributed by atoms with Crippen LogP contribution >= 0.6 is 23.2 Å². The van der Waals surface area contributed by atoms with Crippen molar-refractivity contribution in [1.82, 2.24) is 9.55 Å². The summed E-state index contributed by atoms with van der Waals surface area (Å²) in [6.45, 7) is 6.09. The summed E-state index contributed by atoms with van der Waals surface area (Å²) < 4.78 is 7.74. The molecule has 198 valence electrons. The molecule has 7 nitrogen and oxygen atoms in total. The smallest absolute Gasteiger partial charge is 0.280 e. The fraction of sp³-hybridized carbons (Fsp3) is 0.233. The Hall–Kier alpha value is -3.81. The van der Waals surface area contributed by atoms with Gasteiger partial charge in [-0.2, -0.15) is 0 Å². The van der Waals surface area contributed by atoms with Gasteiger partial charge in [0.2, 0.25) is 0 Å². The van der Waals surface area contributed by atoms with E-state index in [9.17, 15) is 9.59 Å². The number of hydrogen-bond acceptors (Lipinski definition) is 4. The molecule has 2 aliphatic rings. The number of aromatic nitrogens is 2. The van der Waals surface area contributed by atoms with Crippen LogP contribution in [0.4, 0.5) is 11.4 Å². The Balaban J connectivity index is 1.71. The van der Waals surface area contributed by atoms with Gasteiger partial charge >= 0.3 is 0 Å². The van der Waals surface area contributed by atoms with Gasteiger partial charge in [0.15, 0.2) is 11.2 Å². The lowest BCUT2D eigenvalue weighted by atomic mass is 9.87. The largest absolute Gasteiger partial charge is 0.496 e. The van der Waals surface area contributed by atoms with Crippen LogP contribution < -0.4 is 15.0 Å². The average Bonchev–Trinajstić information content (AvgIpc) is 3.52. The molecular formula is C30H26Cl2N4O3. The van der Waals surface area contributed by atoms with Crippen LogP contribution in [0.15, 0.2) is 60.7 Å². The lowest BCUT2D eigenvalue weighted by Crippen LogP contribution is -2.51. The van der Waals surface area contributed by atoms with E-state index in [1.165, 1.54) is 4.90 Å². The number of halogens is 2. The number of hydrogen-bond donors (Lipinski definition) is 1. The number of aryl methyl sites for hydroxylation is 1. The topological polar surface area (TPSA) is 76.5 Å². The van der Waals surface area contributed by atoms with Crippen molar-refractivity contribution in [3.63, 3.8) is 0 Å². The minimum Gasteiger partial charge on any atom is -0.496 e. The van der Waals surface area contributed by atoms with E-state index < -0.39 is 11.4 Å². The first-order chi connectivity index (χ1) is 18.7. The van der Waals surface area contributed by atoms with E-state index in [0.717, 1.165) is 17.5 Å². The van der Waals surface area contributed by atoms with E-state index in [0.29, 0.717) is 44.3 Å². The molecule has 0 radical (unpaired) electrons. The number of anilines is 2. The Morgan fingerprint density at radius 1 is 1.03 bits per heavy atom. The van der Waals surface area contributed by atoms with E-state index in [-0.39, 0.29) is 17.6 Å². The van der Waals surface area contributed by atoms with Gasteiger partial charge in [-0.3, -0.25) is 14.5 Å². The normalized spacial score (nSPS) is 17.7. The summed E-state index contributed by atoms with van der Waals surface area (Å²) >= 11 is 12.7. The number of rotatable bonds is 5. The fourth-order valence-corrected chi connectivity index (χ4v) is 6.13. The highest BCUT2D eigenvalue weighted by Gasteiger charge is 2.64. The van der Waals surface area contributed by atoms with Crippen molar-refractivity contribution in [2.75, 3.05) is 17.3 Å². The molecule has 1 spiro atoms. The molecule has 9 heteroatoms. The standard InChI is InChI=1S/C30H26Cl2N4O3/c1-5-17-9-11-21(24(13-17)39-4)27-34-25-26(35(27)16(2)3)30(22-12-10-19(32)15-23(22)33-29(30)38)36(28(25)37)20-8-6-7-18(31)14-20/h6-16H,5H2,1-4H3,(H,33,38)/t30-/m1/s1. The molecule has 1 atom stereocenters. The summed E-state index contributed by atoms with van der Waals surface area (Å²) in [5.41, 5.74) is 2.69. The molecule has 1 aromatic heterocycles. The number of ether oxygens (including phenoxy) is 1. The minimum absolute atomic E-state index is 0.153. The highest BCUT2D eigenvalue weighted by molar-refractivity contribution is 6.32. The van der Waals surface area contributed by atoms with Gasteiger partial charge in [0.1, 0.15) is 11.6 Å². The molecule has 2 aliphatic heterocycles. The van der Waals surface area contributed by atoms with Crippen LogP contribution in [-0.2, 0) is 16.8 Å².